The maximum Gasteiger partial charge on any atom is 0.433 e. The van der Waals surface area contributed by atoms with Gasteiger partial charge in [0.1, 0.15) is 5.69 Å². The highest BCUT2D eigenvalue weighted by atomic mass is 32.1. The SMILES string of the molecule is Cc1nc(N2CCN(CC3CC3(F)F)C2=O)sc1C(=O)CCc1ccc(C(F)(F)F)nc1. The number of carbonyl (C=O) groups excluding carboxylic acids is 2. The van der Waals surface area contributed by atoms with Gasteiger partial charge in [0.2, 0.25) is 0 Å². The van der Waals surface area contributed by atoms with Gasteiger partial charge in [-0.15, -0.1) is 0 Å². The number of amides is 2. The number of rotatable bonds is 7. The Kier molecular flexibility index (Phi) is 5.68. The van der Waals surface area contributed by atoms with Crippen molar-refractivity contribution in [2.45, 2.75) is 38.3 Å². The number of ketones is 1. The molecule has 2 aromatic rings. The van der Waals surface area contributed by atoms with E-state index in [0.29, 0.717) is 34.4 Å². The van der Waals surface area contributed by atoms with Gasteiger partial charge in [-0.1, -0.05) is 17.4 Å². The molecule has 0 N–H and O–H groups in total. The van der Waals surface area contributed by atoms with Gasteiger partial charge >= 0.3 is 12.2 Å². The molecule has 2 amide bonds. The molecule has 172 valence electrons. The van der Waals surface area contributed by atoms with E-state index in [4.69, 9.17) is 0 Å². The highest BCUT2D eigenvalue weighted by Gasteiger charge is 2.58. The first kappa shape index (κ1) is 22.6. The maximum absolute atomic E-state index is 13.2. The normalized spacial score (nSPS) is 20.2. The minimum Gasteiger partial charge on any atom is -0.322 e. The van der Waals surface area contributed by atoms with Crippen LogP contribution in [0.25, 0.3) is 0 Å². The van der Waals surface area contributed by atoms with Crippen LogP contribution in [0.1, 0.15) is 39.5 Å². The molecule has 4 rings (SSSR count). The third-order valence-electron chi connectivity index (χ3n) is 5.52. The Labute approximate surface area is 184 Å². The zero-order valence-corrected chi connectivity index (χ0v) is 17.8. The molecule has 2 aliphatic rings. The molecular weight excluding hydrogens is 455 g/mol. The summed E-state index contributed by atoms with van der Waals surface area (Å²) >= 11 is 1.05. The second-order valence-corrected chi connectivity index (χ2v) is 8.90. The van der Waals surface area contributed by atoms with Gasteiger partial charge in [-0.3, -0.25) is 14.7 Å². The van der Waals surface area contributed by atoms with E-state index >= 15 is 0 Å². The molecule has 1 aliphatic carbocycles. The minimum atomic E-state index is -4.52. The fraction of sp³-hybridized carbons (Fsp3) is 0.500. The van der Waals surface area contributed by atoms with Crippen molar-refractivity contribution in [1.29, 1.82) is 0 Å². The van der Waals surface area contributed by atoms with Crippen LogP contribution in [0.4, 0.5) is 31.9 Å². The summed E-state index contributed by atoms with van der Waals surface area (Å²) in [7, 11) is 0. The lowest BCUT2D eigenvalue weighted by molar-refractivity contribution is -0.141. The summed E-state index contributed by atoms with van der Waals surface area (Å²) in [5.74, 6) is -3.75. The maximum atomic E-state index is 13.2. The van der Waals surface area contributed by atoms with E-state index in [9.17, 15) is 31.5 Å². The van der Waals surface area contributed by atoms with Crippen LogP contribution in [0, 0.1) is 12.8 Å². The summed E-state index contributed by atoms with van der Waals surface area (Å²) in [4.78, 5) is 36.0. The summed E-state index contributed by atoms with van der Waals surface area (Å²) in [6, 6.07) is 1.75. The van der Waals surface area contributed by atoms with Crippen LogP contribution < -0.4 is 4.90 Å². The van der Waals surface area contributed by atoms with Gasteiger partial charge in [0.25, 0.3) is 5.92 Å². The van der Waals surface area contributed by atoms with E-state index in [1.165, 1.54) is 15.9 Å². The van der Waals surface area contributed by atoms with Crippen molar-refractivity contribution in [3.63, 3.8) is 0 Å². The molecule has 0 spiro atoms. The Morgan fingerprint density at radius 2 is 2.00 bits per heavy atom. The molecule has 2 aromatic heterocycles. The number of anilines is 1. The second kappa shape index (κ2) is 8.05. The third kappa shape index (κ3) is 4.59. The van der Waals surface area contributed by atoms with Crippen LogP contribution in [0.15, 0.2) is 18.3 Å². The molecule has 6 nitrogen and oxygen atoms in total. The lowest BCUT2D eigenvalue weighted by Crippen LogP contribution is -2.33. The molecule has 1 aliphatic heterocycles. The van der Waals surface area contributed by atoms with Crippen LogP contribution in [-0.2, 0) is 12.6 Å². The Morgan fingerprint density at radius 1 is 1.28 bits per heavy atom. The van der Waals surface area contributed by atoms with Gasteiger partial charge in [-0.25, -0.2) is 18.6 Å². The number of aryl methyl sites for hydroxylation is 2. The van der Waals surface area contributed by atoms with Gasteiger partial charge in [-0.2, -0.15) is 13.2 Å². The average Bonchev–Trinajstić information content (AvgIpc) is 3.01. The quantitative estimate of drug-likeness (QED) is 0.435. The van der Waals surface area contributed by atoms with Crippen molar-refractivity contribution in [2.24, 2.45) is 5.92 Å². The first-order chi connectivity index (χ1) is 15.0. The summed E-state index contributed by atoms with van der Waals surface area (Å²) in [6.45, 7) is 2.25. The van der Waals surface area contributed by atoms with Crippen LogP contribution in [0.2, 0.25) is 0 Å². The Morgan fingerprint density at radius 3 is 2.59 bits per heavy atom. The standard InChI is InChI=1S/C20H19F5N4O2S/c1-11-16(14(30)4-2-12-3-5-15(26-9-12)20(23,24)25)32-17(27-11)29-7-6-28(18(29)31)10-13-8-19(13,21)22/h3,5,9,13H,2,4,6-8,10H2,1H3. The van der Waals surface area contributed by atoms with Gasteiger partial charge in [0, 0.05) is 44.6 Å². The summed E-state index contributed by atoms with van der Waals surface area (Å²) in [6.07, 6.45) is -3.37. The third-order valence-corrected chi connectivity index (χ3v) is 6.74. The second-order valence-electron chi connectivity index (χ2n) is 7.93. The molecular formula is C20H19F5N4O2S. The summed E-state index contributed by atoms with van der Waals surface area (Å²) in [5.41, 5.74) is -0.0539. The average molecular weight is 474 g/mol. The number of urea groups is 1. The van der Waals surface area contributed by atoms with Crippen molar-refractivity contribution in [1.82, 2.24) is 14.9 Å². The van der Waals surface area contributed by atoms with E-state index in [1.54, 1.807) is 6.92 Å². The highest BCUT2D eigenvalue weighted by Crippen LogP contribution is 2.49. The van der Waals surface area contributed by atoms with Crippen molar-refractivity contribution in [2.75, 3.05) is 24.5 Å². The number of hydrogen-bond donors (Lipinski definition) is 0. The van der Waals surface area contributed by atoms with Crippen molar-refractivity contribution in [3.8, 4) is 0 Å². The van der Waals surface area contributed by atoms with Gasteiger partial charge in [-0.05, 0) is 25.0 Å². The molecule has 2 fully saturated rings. The molecule has 3 heterocycles. The number of aromatic nitrogens is 2. The number of nitrogens with zero attached hydrogens (tertiary/aromatic N) is 4. The van der Waals surface area contributed by atoms with Crippen molar-refractivity contribution in [3.05, 3.63) is 40.2 Å². The first-order valence-electron chi connectivity index (χ1n) is 9.93. The lowest BCUT2D eigenvalue weighted by Gasteiger charge is -2.16. The topological polar surface area (TPSA) is 66.4 Å². The zero-order chi connectivity index (χ0) is 23.3. The molecule has 1 atom stereocenters. The van der Waals surface area contributed by atoms with Crippen LogP contribution in [0.3, 0.4) is 0 Å². The number of thiazole rings is 1. The van der Waals surface area contributed by atoms with Crippen LogP contribution in [0.5, 0.6) is 0 Å². The van der Waals surface area contributed by atoms with Gasteiger partial charge < -0.3 is 4.90 Å². The number of halogens is 5. The van der Waals surface area contributed by atoms with E-state index in [2.05, 4.69) is 9.97 Å². The number of Topliss-reactive ketones (excluding diaryl/α,β-unsaturated/α-hetero) is 1. The van der Waals surface area contributed by atoms with Crippen molar-refractivity contribution < 1.29 is 31.5 Å². The Balaban J connectivity index is 1.37. The number of alkyl halides is 5. The Hall–Kier alpha value is -2.63. The lowest BCUT2D eigenvalue weighted by atomic mass is 10.1. The van der Waals surface area contributed by atoms with Crippen LogP contribution in [-0.4, -0.2) is 52.2 Å². The molecule has 1 unspecified atom stereocenters. The Bertz CT molecular complexity index is 1040. The molecule has 32 heavy (non-hydrogen) atoms. The minimum absolute atomic E-state index is 0.000355. The largest absolute Gasteiger partial charge is 0.433 e. The zero-order valence-electron chi connectivity index (χ0n) is 17.0. The first-order valence-corrected chi connectivity index (χ1v) is 10.7. The fourth-order valence-electron chi connectivity index (χ4n) is 3.53. The predicted octanol–water partition coefficient (Wildman–Crippen LogP) is 4.58. The van der Waals surface area contributed by atoms with Gasteiger partial charge in [0.05, 0.1) is 10.6 Å². The fourth-order valence-corrected chi connectivity index (χ4v) is 4.59. The summed E-state index contributed by atoms with van der Waals surface area (Å²) in [5, 5.41) is 0.331. The van der Waals surface area contributed by atoms with E-state index < -0.39 is 29.7 Å². The molecule has 1 saturated heterocycles. The molecule has 0 radical (unpaired) electrons. The monoisotopic (exact) mass is 474 g/mol. The van der Waals surface area contributed by atoms with Gasteiger partial charge in [0.15, 0.2) is 10.9 Å². The van der Waals surface area contributed by atoms with Crippen molar-refractivity contribution >= 4 is 28.3 Å². The molecule has 1 saturated carbocycles. The molecule has 0 aromatic carbocycles. The van der Waals surface area contributed by atoms with Crippen LogP contribution >= 0.6 is 11.3 Å². The summed E-state index contributed by atoms with van der Waals surface area (Å²) < 4.78 is 64.1. The smallest absolute Gasteiger partial charge is 0.322 e. The number of hydrogen-bond acceptors (Lipinski definition) is 5. The molecule has 12 heteroatoms. The number of carbonyl (C=O) groups is 2. The predicted molar refractivity (Wildman–Crippen MR) is 106 cm³/mol. The molecule has 0 bridgehead atoms. The van der Waals surface area contributed by atoms with E-state index in [-0.39, 0.29) is 31.6 Å². The van der Waals surface area contributed by atoms with E-state index in [1.807, 2.05) is 0 Å². The van der Waals surface area contributed by atoms with E-state index in [0.717, 1.165) is 23.6 Å². The highest BCUT2D eigenvalue weighted by molar-refractivity contribution is 7.17. The number of pyridine rings is 1.